The smallest absolute Gasteiger partial charge is 0.344 e. The molecule has 0 radical (unpaired) electrons. The maximum Gasteiger partial charge on any atom is 0.344 e. The van der Waals surface area contributed by atoms with E-state index in [1.807, 2.05) is 30.3 Å². The lowest BCUT2D eigenvalue weighted by Crippen LogP contribution is -3.09. The molecule has 2 amide bonds. The van der Waals surface area contributed by atoms with Crippen LogP contribution in [0.3, 0.4) is 0 Å². The molecule has 4 rings (SSSR count). The standard InChI is InChI=1S/C19H18N6O3/c1-25-17-14(8-5-9-20-17)28-11-13(19(25)27)21-18(26)16-22-15(23-24-16)10-12-6-3-2-4-7-12/h2-9,13H,10-11H2,1H3,(H,21,26)(H,22,23,24)/p+1. The Morgan fingerprint density at radius 1 is 1.29 bits per heavy atom. The van der Waals surface area contributed by atoms with Crippen LogP contribution in [-0.4, -0.2) is 51.7 Å². The van der Waals surface area contributed by atoms with E-state index in [0.29, 0.717) is 28.7 Å². The van der Waals surface area contributed by atoms with Crippen LogP contribution in [0.2, 0.25) is 0 Å². The van der Waals surface area contributed by atoms with Crippen LogP contribution in [0.4, 0.5) is 5.82 Å². The number of hydrogen-bond donors (Lipinski definition) is 3. The van der Waals surface area contributed by atoms with E-state index in [4.69, 9.17) is 4.74 Å². The number of nitrogens with zero attached hydrogens (tertiary/aromatic N) is 3. The average Bonchev–Trinajstić information content (AvgIpc) is 3.15. The molecule has 2 aromatic heterocycles. The molecule has 0 spiro atoms. The van der Waals surface area contributed by atoms with Gasteiger partial charge in [-0.2, -0.15) is 0 Å². The molecule has 2 unspecified atom stereocenters. The van der Waals surface area contributed by atoms with Crippen LogP contribution in [-0.2, 0) is 11.2 Å². The molecule has 1 aromatic carbocycles. The Balaban J connectivity index is 1.45. The first-order chi connectivity index (χ1) is 13.6. The van der Waals surface area contributed by atoms with Crippen molar-refractivity contribution in [2.45, 2.75) is 12.5 Å². The number of aromatic nitrogens is 4. The van der Waals surface area contributed by atoms with Gasteiger partial charge < -0.3 is 10.1 Å². The molecule has 3 heterocycles. The van der Waals surface area contributed by atoms with Gasteiger partial charge in [-0.25, -0.2) is 19.7 Å². The lowest BCUT2D eigenvalue weighted by Gasteiger charge is -2.14. The summed E-state index contributed by atoms with van der Waals surface area (Å²) in [4.78, 5) is 34.1. The van der Waals surface area contributed by atoms with E-state index in [9.17, 15) is 9.59 Å². The third-order valence-electron chi connectivity index (χ3n) is 4.47. The Hall–Kier alpha value is -3.59. The molecular formula is C19H19N6O3+. The number of aromatic amines is 1. The van der Waals surface area contributed by atoms with Gasteiger partial charge in [-0.1, -0.05) is 30.3 Å². The second-order valence-corrected chi connectivity index (χ2v) is 6.44. The summed E-state index contributed by atoms with van der Waals surface area (Å²) in [5, 5.41) is 9.39. The molecule has 1 aliphatic rings. The van der Waals surface area contributed by atoms with Gasteiger partial charge in [0.05, 0.1) is 7.05 Å². The molecule has 3 N–H and O–H groups in total. The molecule has 0 aliphatic carbocycles. The largest absolute Gasteiger partial charge is 0.483 e. The zero-order valence-corrected chi connectivity index (χ0v) is 15.2. The Morgan fingerprint density at radius 2 is 2.11 bits per heavy atom. The van der Waals surface area contributed by atoms with Crippen LogP contribution in [0.1, 0.15) is 22.0 Å². The average molecular weight is 379 g/mol. The van der Waals surface area contributed by atoms with E-state index < -0.39 is 11.9 Å². The van der Waals surface area contributed by atoms with Gasteiger partial charge in [-0.3, -0.25) is 9.89 Å². The van der Waals surface area contributed by atoms with Gasteiger partial charge >= 0.3 is 5.91 Å². The summed E-state index contributed by atoms with van der Waals surface area (Å²) >= 11 is 0. The van der Waals surface area contributed by atoms with Gasteiger partial charge in [-0.15, -0.1) is 5.10 Å². The number of pyridine rings is 1. The van der Waals surface area contributed by atoms with E-state index >= 15 is 0 Å². The van der Waals surface area contributed by atoms with Gasteiger partial charge in [0.15, 0.2) is 6.04 Å². The number of nitrogens with one attached hydrogen (secondary N) is 3. The van der Waals surface area contributed by atoms with Gasteiger partial charge in [-0.05, 0) is 17.7 Å². The van der Waals surface area contributed by atoms with Crippen LogP contribution in [0.5, 0.6) is 5.75 Å². The zero-order chi connectivity index (χ0) is 19.5. The number of likely N-dealkylation sites (N-methyl/N-ethyl adjacent to an activating group) is 1. The molecule has 9 heteroatoms. The Morgan fingerprint density at radius 3 is 2.93 bits per heavy atom. The number of carbonyl (C=O) groups excluding carboxylic acids is 2. The van der Waals surface area contributed by atoms with E-state index in [1.54, 1.807) is 25.4 Å². The highest BCUT2D eigenvalue weighted by atomic mass is 16.5. The summed E-state index contributed by atoms with van der Waals surface area (Å²) in [6.45, 7) is 0.0158. The predicted molar refractivity (Wildman–Crippen MR) is 98.2 cm³/mol. The third kappa shape index (κ3) is 3.60. The molecule has 0 bridgehead atoms. The molecule has 142 valence electrons. The summed E-state index contributed by atoms with van der Waals surface area (Å²) in [5.41, 5.74) is 1.05. The first-order valence-electron chi connectivity index (χ1n) is 8.84. The van der Waals surface area contributed by atoms with Crippen LogP contribution in [0, 0.1) is 0 Å². The Labute approximate surface area is 160 Å². The van der Waals surface area contributed by atoms with Crippen LogP contribution >= 0.6 is 0 Å². The molecule has 28 heavy (non-hydrogen) atoms. The van der Waals surface area contributed by atoms with Gasteiger partial charge in [0.2, 0.25) is 11.6 Å². The number of amides is 2. The van der Waals surface area contributed by atoms with Crippen molar-refractivity contribution in [2.24, 2.45) is 0 Å². The normalized spacial score (nSPS) is 18.7. The maximum atomic E-state index is 12.7. The quantitative estimate of drug-likeness (QED) is 0.571. The number of ether oxygens (including phenoxy) is 1. The lowest BCUT2D eigenvalue weighted by atomic mass is 10.1. The number of hydrogen-bond acceptors (Lipinski definition) is 6. The highest BCUT2D eigenvalue weighted by Gasteiger charge is 2.36. The number of benzene rings is 1. The Bertz CT molecular complexity index is 1000. The van der Waals surface area contributed by atoms with Crippen molar-refractivity contribution in [3.8, 4) is 5.75 Å². The lowest BCUT2D eigenvalue weighted by molar-refractivity contribution is -0.727. The van der Waals surface area contributed by atoms with Gasteiger partial charge in [0.25, 0.3) is 11.7 Å². The molecule has 0 saturated heterocycles. The van der Waals surface area contributed by atoms with Crippen molar-refractivity contribution in [3.05, 3.63) is 65.9 Å². The number of fused-ring (bicyclic) bond motifs is 1. The van der Waals surface area contributed by atoms with Crippen molar-refractivity contribution < 1.29 is 19.2 Å². The highest BCUT2D eigenvalue weighted by Crippen LogP contribution is 2.19. The Kier molecular flexibility index (Phi) is 4.81. The summed E-state index contributed by atoms with van der Waals surface area (Å²) in [6, 6.07) is 12.4. The fraction of sp³-hybridized carbons (Fsp3) is 0.211. The second kappa shape index (κ2) is 7.57. The highest BCUT2D eigenvalue weighted by molar-refractivity contribution is 5.93. The second-order valence-electron chi connectivity index (χ2n) is 6.44. The first-order valence-corrected chi connectivity index (χ1v) is 8.84. The van der Waals surface area contributed by atoms with Gasteiger partial charge in [0, 0.05) is 12.6 Å². The predicted octanol–water partition coefficient (Wildman–Crippen LogP) is -0.346. The minimum absolute atomic E-state index is 0.0158. The number of quaternary nitrogens is 1. The number of rotatable bonds is 4. The summed E-state index contributed by atoms with van der Waals surface area (Å²) in [6.07, 6.45) is 2.13. The monoisotopic (exact) mass is 379 g/mol. The molecule has 2 atom stereocenters. The molecule has 0 saturated carbocycles. The van der Waals surface area contributed by atoms with Crippen molar-refractivity contribution >= 4 is 17.6 Å². The van der Waals surface area contributed by atoms with Crippen molar-refractivity contribution in [1.82, 2.24) is 25.5 Å². The summed E-state index contributed by atoms with van der Waals surface area (Å²) in [5.74, 6) is 0.783. The van der Waals surface area contributed by atoms with E-state index in [2.05, 4.69) is 25.5 Å². The molecule has 3 aromatic rings. The zero-order valence-electron chi connectivity index (χ0n) is 15.2. The molecule has 9 nitrogen and oxygen atoms in total. The van der Waals surface area contributed by atoms with Crippen LogP contribution in [0.15, 0.2) is 48.7 Å². The molecular weight excluding hydrogens is 360 g/mol. The third-order valence-corrected chi connectivity index (χ3v) is 4.47. The van der Waals surface area contributed by atoms with Crippen molar-refractivity contribution in [3.63, 3.8) is 0 Å². The van der Waals surface area contributed by atoms with Gasteiger partial charge in [0.1, 0.15) is 12.4 Å². The fourth-order valence-corrected chi connectivity index (χ4v) is 3.01. The maximum absolute atomic E-state index is 12.7. The minimum Gasteiger partial charge on any atom is -0.483 e. The van der Waals surface area contributed by atoms with Crippen LogP contribution < -0.4 is 15.0 Å². The van der Waals surface area contributed by atoms with E-state index in [0.717, 1.165) is 5.56 Å². The van der Waals surface area contributed by atoms with E-state index in [1.165, 1.54) is 0 Å². The molecule has 0 fully saturated rings. The summed E-state index contributed by atoms with van der Waals surface area (Å²) in [7, 11) is 1.67. The fourth-order valence-electron chi connectivity index (χ4n) is 3.01. The minimum atomic E-state index is -0.835. The van der Waals surface area contributed by atoms with Crippen molar-refractivity contribution in [1.29, 1.82) is 0 Å². The SMILES string of the molecule is C[NH+]1C(=O)C(NC(=O)c2n[nH]c(Cc3ccccc3)n2)COc2cccnc21. The number of carbonyl (C=O) groups is 2. The first kappa shape index (κ1) is 17.8. The number of H-pyrrole nitrogens is 1. The molecule has 1 aliphatic heterocycles. The summed E-state index contributed by atoms with van der Waals surface area (Å²) < 4.78 is 5.66. The topological polar surface area (TPSA) is 114 Å². The van der Waals surface area contributed by atoms with E-state index in [-0.39, 0.29) is 18.3 Å². The van der Waals surface area contributed by atoms with Crippen molar-refractivity contribution in [2.75, 3.05) is 13.7 Å². The van der Waals surface area contributed by atoms with Crippen LogP contribution in [0.25, 0.3) is 0 Å².